The van der Waals surface area contributed by atoms with Gasteiger partial charge < -0.3 is 9.73 Å². The van der Waals surface area contributed by atoms with E-state index < -0.39 is 0 Å². The highest BCUT2D eigenvalue weighted by atomic mass is 35.5. The Labute approximate surface area is 252 Å². The highest BCUT2D eigenvalue weighted by molar-refractivity contribution is 8.26. The van der Waals surface area contributed by atoms with Crippen LogP contribution in [0.4, 0.5) is 0 Å². The molecule has 4 aliphatic rings. The Hall–Kier alpha value is -1.35. The molecule has 0 spiro atoms. The molecule has 5 nitrogen and oxygen atoms in total. The van der Waals surface area contributed by atoms with Crippen LogP contribution < -0.4 is 5.32 Å². The normalized spacial score (nSPS) is 27.0. The number of halogens is 2. The first-order chi connectivity index (χ1) is 18.5. The second-order valence-electron chi connectivity index (χ2n) is 11.2. The van der Waals surface area contributed by atoms with E-state index in [1.54, 1.807) is 0 Å². The summed E-state index contributed by atoms with van der Waals surface area (Å²) in [4.78, 5) is 18.8. The van der Waals surface area contributed by atoms with E-state index in [4.69, 9.17) is 28.2 Å². The molecule has 2 saturated carbocycles. The lowest BCUT2D eigenvalue weighted by Gasteiger charge is -2.34. The summed E-state index contributed by atoms with van der Waals surface area (Å²) < 4.78 is 7.14. The summed E-state index contributed by atoms with van der Waals surface area (Å²) in [6.07, 6.45) is 9.92. The second-order valence-corrected chi connectivity index (χ2v) is 13.3. The largest absolute Gasteiger partial charge is 0.456 e. The van der Waals surface area contributed by atoms with Gasteiger partial charge in [-0.05, 0) is 86.3 Å². The fourth-order valence-electron chi connectivity index (χ4n) is 6.94. The van der Waals surface area contributed by atoms with E-state index in [9.17, 15) is 4.79 Å². The van der Waals surface area contributed by atoms with E-state index in [0.717, 1.165) is 80.4 Å². The Kier molecular flexibility index (Phi) is 9.47. The molecule has 2 aromatic rings. The van der Waals surface area contributed by atoms with Crippen LogP contribution in [-0.4, -0.2) is 58.3 Å². The molecule has 4 unspecified atom stereocenters. The Morgan fingerprint density at radius 2 is 1.97 bits per heavy atom. The summed E-state index contributed by atoms with van der Waals surface area (Å²) in [7, 11) is 0. The number of thioether (sulfide) groups is 1. The Bertz CT molecular complexity index is 1230. The van der Waals surface area contributed by atoms with Crippen LogP contribution in [0.3, 0.4) is 0 Å². The van der Waals surface area contributed by atoms with Crippen LogP contribution in [0.2, 0.25) is 5.02 Å². The van der Waals surface area contributed by atoms with Gasteiger partial charge in [-0.15, -0.1) is 12.4 Å². The van der Waals surface area contributed by atoms with Crippen molar-refractivity contribution in [1.82, 2.24) is 15.1 Å². The SMILES string of the molecule is CCC(CCc1cc(-c2ccc(Cl)cc2)oc1/C=C1\SC(=S)N(C2CC3CCC2C3)C1=O)N1CCNCC1.Cl. The number of nitrogens with one attached hydrogen (secondary N) is 1. The third-order valence-electron chi connectivity index (χ3n) is 8.97. The van der Waals surface area contributed by atoms with Gasteiger partial charge in [-0.25, -0.2) is 0 Å². The number of benzene rings is 1. The maximum Gasteiger partial charge on any atom is 0.266 e. The lowest BCUT2D eigenvalue weighted by Crippen LogP contribution is -2.48. The van der Waals surface area contributed by atoms with Crippen molar-refractivity contribution in [3.8, 4) is 11.3 Å². The second kappa shape index (κ2) is 12.7. The summed E-state index contributed by atoms with van der Waals surface area (Å²) >= 11 is 13.3. The molecule has 1 N–H and O–H groups in total. The summed E-state index contributed by atoms with van der Waals surface area (Å²) in [6, 6.07) is 10.7. The standard InChI is InChI=1S/C30H36ClN3O2S2.ClH/c1-2-24(33-13-11-32-12-14-33)10-7-22-17-26(20-5-8-23(31)9-6-20)36-27(22)18-28-29(35)34(30(37)38-28)25-16-19-3-4-21(25)15-19;/h5-6,8-9,17-19,21,24-25,32H,2-4,7,10-16H2,1H3;1H/b28-18-;. The molecule has 9 heteroatoms. The minimum Gasteiger partial charge on any atom is -0.456 e. The number of hydrogen-bond acceptors (Lipinski definition) is 6. The predicted molar refractivity (Wildman–Crippen MR) is 167 cm³/mol. The number of carbonyl (C=O) groups is 1. The Morgan fingerprint density at radius 3 is 2.64 bits per heavy atom. The van der Waals surface area contributed by atoms with Gasteiger partial charge in [-0.2, -0.15) is 0 Å². The smallest absolute Gasteiger partial charge is 0.266 e. The van der Waals surface area contributed by atoms with Gasteiger partial charge in [0.05, 0.1) is 4.91 Å². The third kappa shape index (κ3) is 6.14. The van der Waals surface area contributed by atoms with Crippen molar-refractivity contribution in [2.24, 2.45) is 11.8 Å². The van der Waals surface area contributed by atoms with E-state index in [1.807, 2.05) is 35.2 Å². The molecule has 39 heavy (non-hydrogen) atoms. The fraction of sp³-hybridized carbons (Fsp3) is 0.533. The molecule has 1 amide bonds. The van der Waals surface area contributed by atoms with Gasteiger partial charge in [-0.1, -0.05) is 48.9 Å². The van der Waals surface area contributed by atoms with Gasteiger partial charge in [0, 0.05) is 54.9 Å². The van der Waals surface area contributed by atoms with Gasteiger partial charge in [0.15, 0.2) is 0 Å². The van der Waals surface area contributed by atoms with Crippen LogP contribution in [-0.2, 0) is 11.2 Å². The van der Waals surface area contributed by atoms with E-state index in [-0.39, 0.29) is 24.4 Å². The van der Waals surface area contributed by atoms with E-state index in [1.165, 1.54) is 31.0 Å². The molecule has 2 aliphatic carbocycles. The highest BCUT2D eigenvalue weighted by Crippen LogP contribution is 2.49. The van der Waals surface area contributed by atoms with E-state index >= 15 is 0 Å². The molecule has 1 aromatic heterocycles. The minimum absolute atomic E-state index is 0. The molecular formula is C30H37Cl2N3O2S2. The quantitative estimate of drug-likeness (QED) is 0.257. The number of furan rings is 1. The van der Waals surface area contributed by atoms with Gasteiger partial charge in [0.1, 0.15) is 15.8 Å². The van der Waals surface area contributed by atoms with Crippen LogP contribution in [0, 0.1) is 11.8 Å². The number of aryl methyl sites for hydroxylation is 1. The Balaban J connectivity index is 0.00000308. The number of carbonyl (C=O) groups excluding carboxylic acids is 1. The molecular weight excluding hydrogens is 569 g/mol. The average molecular weight is 607 g/mol. The van der Waals surface area contributed by atoms with Gasteiger partial charge >= 0.3 is 0 Å². The maximum absolute atomic E-state index is 13.6. The van der Waals surface area contributed by atoms with E-state index in [2.05, 4.69) is 23.2 Å². The van der Waals surface area contributed by atoms with Crippen molar-refractivity contribution in [1.29, 1.82) is 0 Å². The topological polar surface area (TPSA) is 48.7 Å². The monoisotopic (exact) mass is 605 g/mol. The van der Waals surface area contributed by atoms with Crippen LogP contribution in [0.5, 0.6) is 0 Å². The first-order valence-corrected chi connectivity index (χ1v) is 15.7. The molecule has 2 bridgehead atoms. The van der Waals surface area contributed by atoms with Gasteiger partial charge in [-0.3, -0.25) is 14.6 Å². The Morgan fingerprint density at radius 1 is 1.21 bits per heavy atom. The number of nitrogens with zero attached hydrogens (tertiary/aromatic N) is 2. The lowest BCUT2D eigenvalue weighted by atomic mass is 9.94. The van der Waals surface area contributed by atoms with Crippen LogP contribution >= 0.6 is 48.0 Å². The van der Waals surface area contributed by atoms with Gasteiger partial charge in [0.2, 0.25) is 0 Å². The number of rotatable bonds is 8. The summed E-state index contributed by atoms with van der Waals surface area (Å²) in [5.74, 6) is 3.01. The molecule has 3 heterocycles. The summed E-state index contributed by atoms with van der Waals surface area (Å²) in [6.45, 7) is 6.58. The minimum atomic E-state index is 0. The zero-order chi connectivity index (χ0) is 26.2. The number of amides is 1. The van der Waals surface area contributed by atoms with Crippen molar-refractivity contribution >= 4 is 64.3 Å². The molecule has 0 radical (unpaired) electrons. The van der Waals surface area contributed by atoms with Gasteiger partial charge in [0.25, 0.3) is 5.91 Å². The predicted octanol–water partition coefficient (Wildman–Crippen LogP) is 7.03. The lowest BCUT2D eigenvalue weighted by molar-refractivity contribution is -0.124. The fourth-order valence-corrected chi connectivity index (χ4v) is 8.41. The molecule has 4 fully saturated rings. The van der Waals surface area contributed by atoms with Crippen molar-refractivity contribution in [2.75, 3.05) is 26.2 Å². The van der Waals surface area contributed by atoms with Crippen molar-refractivity contribution in [2.45, 2.75) is 64.0 Å². The highest BCUT2D eigenvalue weighted by Gasteiger charge is 2.48. The van der Waals surface area contributed by atoms with Crippen LogP contribution in [0.25, 0.3) is 17.4 Å². The molecule has 2 saturated heterocycles. The number of thiocarbonyl (C=S) groups is 1. The number of hydrogen-bond donors (Lipinski definition) is 1. The van der Waals surface area contributed by atoms with Crippen molar-refractivity contribution in [3.05, 3.63) is 51.6 Å². The summed E-state index contributed by atoms with van der Waals surface area (Å²) in [5.41, 5.74) is 2.13. The van der Waals surface area contributed by atoms with Crippen LogP contribution in [0.1, 0.15) is 56.8 Å². The zero-order valence-corrected chi connectivity index (χ0v) is 25.6. The summed E-state index contributed by atoms with van der Waals surface area (Å²) in [5, 5.41) is 4.16. The zero-order valence-electron chi connectivity index (χ0n) is 22.4. The maximum atomic E-state index is 13.6. The van der Waals surface area contributed by atoms with Crippen LogP contribution in [0.15, 0.2) is 39.7 Å². The van der Waals surface area contributed by atoms with E-state index in [0.29, 0.717) is 26.2 Å². The molecule has 6 rings (SSSR count). The number of fused-ring (bicyclic) bond motifs is 2. The number of piperazine rings is 1. The molecule has 4 atom stereocenters. The first-order valence-electron chi connectivity index (χ1n) is 14.1. The van der Waals surface area contributed by atoms with Crippen molar-refractivity contribution in [3.63, 3.8) is 0 Å². The first kappa shape index (κ1) is 29.2. The molecule has 1 aromatic carbocycles. The van der Waals surface area contributed by atoms with Crippen molar-refractivity contribution < 1.29 is 9.21 Å². The third-order valence-corrected chi connectivity index (χ3v) is 10.6. The average Bonchev–Trinajstić information content (AvgIpc) is 3.71. The molecule has 2 aliphatic heterocycles. The molecule has 210 valence electrons.